The number of benzene rings is 1. The van der Waals surface area contributed by atoms with E-state index in [1.807, 2.05) is 36.4 Å². The second-order valence-corrected chi connectivity index (χ2v) is 9.55. The quantitative estimate of drug-likeness (QED) is 0.450. The van der Waals surface area contributed by atoms with Crippen molar-refractivity contribution in [1.82, 2.24) is 25.8 Å². The number of nitrogens with one attached hydrogen (secondary N) is 3. The molecule has 8 heteroatoms. The Labute approximate surface area is 211 Å². The number of amides is 1. The molecule has 0 radical (unpaired) electrons. The largest absolute Gasteiger partial charge is 0.418 e. The van der Waals surface area contributed by atoms with E-state index in [4.69, 9.17) is 4.42 Å². The van der Waals surface area contributed by atoms with Gasteiger partial charge in [-0.1, -0.05) is 23.3 Å². The van der Waals surface area contributed by atoms with Crippen LogP contribution in [0, 0.1) is 0 Å². The van der Waals surface area contributed by atoms with Crippen molar-refractivity contribution in [2.45, 2.75) is 45.1 Å². The summed E-state index contributed by atoms with van der Waals surface area (Å²) in [5, 5.41) is 18.9. The first-order valence-electron chi connectivity index (χ1n) is 12.5. The molecule has 186 valence electrons. The first-order chi connectivity index (χ1) is 17.5. The number of allylic oxidation sites excluding steroid dienone is 2. The van der Waals surface area contributed by atoms with E-state index < -0.39 is 5.54 Å². The molecule has 0 unspecified atom stereocenters. The van der Waals surface area contributed by atoms with Gasteiger partial charge in [0.2, 0.25) is 11.8 Å². The molecule has 0 saturated carbocycles. The molecule has 8 nitrogen and oxygen atoms in total. The molecule has 1 amide bonds. The Morgan fingerprint density at radius 1 is 1.11 bits per heavy atom. The Morgan fingerprint density at radius 2 is 1.92 bits per heavy atom. The van der Waals surface area contributed by atoms with E-state index in [-0.39, 0.29) is 5.91 Å². The van der Waals surface area contributed by atoms with Crippen molar-refractivity contribution in [3.05, 3.63) is 83.0 Å². The van der Waals surface area contributed by atoms with Crippen LogP contribution in [0.15, 0.2) is 76.0 Å². The zero-order valence-corrected chi connectivity index (χ0v) is 20.8. The number of rotatable bonds is 7. The normalized spacial score (nSPS) is 17.4. The number of carbonyl (C=O) groups excluding carboxylic acids is 1. The molecular formula is C28H32N6O2. The van der Waals surface area contributed by atoms with Gasteiger partial charge in [-0.05, 0) is 88.5 Å². The second-order valence-electron chi connectivity index (χ2n) is 9.55. The van der Waals surface area contributed by atoms with Crippen LogP contribution in [0.3, 0.4) is 0 Å². The minimum absolute atomic E-state index is 0.0885. The van der Waals surface area contributed by atoms with Gasteiger partial charge in [0.15, 0.2) is 0 Å². The summed E-state index contributed by atoms with van der Waals surface area (Å²) in [5.74, 6) is 0.930. The van der Waals surface area contributed by atoms with E-state index in [9.17, 15) is 4.79 Å². The molecule has 0 spiro atoms. The lowest BCUT2D eigenvalue weighted by molar-refractivity contribution is 0.0957. The predicted octanol–water partition coefficient (Wildman–Crippen LogP) is 4.61. The van der Waals surface area contributed by atoms with Crippen molar-refractivity contribution in [2.24, 2.45) is 0 Å². The van der Waals surface area contributed by atoms with Crippen LogP contribution in [-0.2, 0) is 5.54 Å². The van der Waals surface area contributed by atoms with E-state index in [1.165, 1.54) is 16.7 Å². The number of aromatic nitrogens is 3. The Bertz CT molecular complexity index is 1290. The fourth-order valence-corrected chi connectivity index (χ4v) is 4.97. The average Bonchev–Trinajstić information content (AvgIpc) is 3.41. The Balaban J connectivity index is 1.34. The maximum absolute atomic E-state index is 13.0. The van der Waals surface area contributed by atoms with Gasteiger partial charge in [0.25, 0.3) is 5.91 Å². The number of carbonyl (C=O) groups is 1. The summed E-state index contributed by atoms with van der Waals surface area (Å²) in [7, 11) is 0. The lowest BCUT2D eigenvalue weighted by atomic mass is 9.87. The lowest BCUT2D eigenvalue weighted by Gasteiger charge is -2.36. The molecule has 1 aromatic carbocycles. The molecule has 3 N–H and O–H groups in total. The van der Waals surface area contributed by atoms with Crippen molar-refractivity contribution in [3.63, 3.8) is 0 Å². The van der Waals surface area contributed by atoms with Gasteiger partial charge in [0.1, 0.15) is 5.54 Å². The summed E-state index contributed by atoms with van der Waals surface area (Å²) < 4.78 is 6.16. The van der Waals surface area contributed by atoms with Crippen molar-refractivity contribution in [2.75, 3.05) is 25.0 Å². The second kappa shape index (κ2) is 10.5. The average molecular weight is 485 g/mol. The minimum Gasteiger partial charge on any atom is -0.418 e. The topological polar surface area (TPSA) is 105 Å². The molecule has 5 rings (SSSR count). The predicted molar refractivity (Wildman–Crippen MR) is 139 cm³/mol. The summed E-state index contributed by atoms with van der Waals surface area (Å²) in [6, 6.07) is 11.3. The van der Waals surface area contributed by atoms with Crippen molar-refractivity contribution in [3.8, 4) is 11.5 Å². The third-order valence-corrected chi connectivity index (χ3v) is 7.11. The van der Waals surface area contributed by atoms with E-state index in [0.717, 1.165) is 50.0 Å². The highest BCUT2D eigenvalue weighted by molar-refractivity contribution is 5.95. The van der Waals surface area contributed by atoms with Crippen LogP contribution < -0.4 is 16.0 Å². The number of hydrogen-bond acceptors (Lipinski definition) is 7. The number of piperidine rings is 1. The zero-order valence-electron chi connectivity index (χ0n) is 20.8. The summed E-state index contributed by atoms with van der Waals surface area (Å²) in [4.78, 5) is 17.1. The molecule has 3 aromatic rings. The first kappa shape index (κ1) is 23.9. The zero-order chi connectivity index (χ0) is 25.0. The molecule has 0 bridgehead atoms. The van der Waals surface area contributed by atoms with Gasteiger partial charge in [0.05, 0.1) is 0 Å². The van der Waals surface area contributed by atoms with Gasteiger partial charge in [-0.2, -0.15) is 0 Å². The summed E-state index contributed by atoms with van der Waals surface area (Å²) in [5.41, 5.74) is 5.61. The molecule has 1 saturated heterocycles. The number of pyridine rings is 1. The highest BCUT2D eigenvalue weighted by Gasteiger charge is 2.39. The van der Waals surface area contributed by atoms with E-state index >= 15 is 0 Å². The van der Waals surface area contributed by atoms with E-state index in [2.05, 4.69) is 51.1 Å². The molecule has 36 heavy (non-hydrogen) atoms. The monoisotopic (exact) mass is 484 g/mol. The van der Waals surface area contributed by atoms with Gasteiger partial charge < -0.3 is 20.4 Å². The van der Waals surface area contributed by atoms with E-state index in [0.29, 0.717) is 23.9 Å². The summed E-state index contributed by atoms with van der Waals surface area (Å²) in [6.45, 7) is 6.45. The Hall–Kier alpha value is -3.78. The molecule has 1 aliphatic carbocycles. The SMILES string of the molecule is CC1=CCCC(C)=C1CNC(=O)c1cccc(NC2(c3nnc(-c4ccncc4)o3)CCNCC2)c1. The number of hydrogen-bond donors (Lipinski definition) is 3. The molecule has 2 aliphatic rings. The number of anilines is 1. The van der Waals surface area contributed by atoms with Gasteiger partial charge in [-0.3, -0.25) is 9.78 Å². The van der Waals surface area contributed by atoms with Crippen LogP contribution in [-0.4, -0.2) is 40.7 Å². The number of nitrogens with zero attached hydrogens (tertiary/aromatic N) is 3. The van der Waals surface area contributed by atoms with Crippen molar-refractivity contribution in [1.29, 1.82) is 0 Å². The van der Waals surface area contributed by atoms with Crippen molar-refractivity contribution >= 4 is 11.6 Å². The Morgan fingerprint density at radius 3 is 2.69 bits per heavy atom. The molecule has 3 heterocycles. The van der Waals surface area contributed by atoms with Gasteiger partial charge in [-0.25, -0.2) is 0 Å². The van der Waals surface area contributed by atoms with Crippen LogP contribution in [0.4, 0.5) is 5.69 Å². The molecule has 0 atom stereocenters. The first-order valence-corrected chi connectivity index (χ1v) is 12.5. The molecule has 1 fully saturated rings. The lowest BCUT2D eigenvalue weighted by Crippen LogP contribution is -2.45. The summed E-state index contributed by atoms with van der Waals surface area (Å²) in [6.07, 6.45) is 9.34. The van der Waals surface area contributed by atoms with Crippen LogP contribution >= 0.6 is 0 Å². The van der Waals surface area contributed by atoms with E-state index in [1.54, 1.807) is 12.4 Å². The third kappa shape index (κ3) is 5.09. The summed E-state index contributed by atoms with van der Waals surface area (Å²) >= 11 is 0. The standard InChI is InChI=1S/C28H32N6O2/c1-19-5-3-6-20(2)24(19)18-31-25(35)22-7-4-8-23(17-22)32-28(11-15-30-16-12-28)27-34-33-26(36-27)21-9-13-29-14-10-21/h4-5,7-10,13-14,17,30,32H,3,6,11-12,15-16,18H2,1-2H3,(H,31,35). The van der Waals surface area contributed by atoms with Crippen molar-refractivity contribution < 1.29 is 9.21 Å². The highest BCUT2D eigenvalue weighted by Crippen LogP contribution is 2.35. The minimum atomic E-state index is -0.523. The Kier molecular flexibility index (Phi) is 6.95. The van der Waals surface area contributed by atoms with Crippen LogP contribution in [0.5, 0.6) is 0 Å². The highest BCUT2D eigenvalue weighted by atomic mass is 16.4. The molecular weight excluding hydrogens is 452 g/mol. The van der Waals surface area contributed by atoms with Crippen LogP contribution in [0.2, 0.25) is 0 Å². The van der Waals surface area contributed by atoms with Crippen LogP contribution in [0.1, 0.15) is 55.8 Å². The fourth-order valence-electron chi connectivity index (χ4n) is 4.97. The molecule has 1 aliphatic heterocycles. The van der Waals surface area contributed by atoms with Gasteiger partial charge in [-0.15, -0.1) is 10.2 Å². The maximum atomic E-state index is 13.0. The smallest absolute Gasteiger partial charge is 0.251 e. The maximum Gasteiger partial charge on any atom is 0.251 e. The van der Waals surface area contributed by atoms with Crippen LogP contribution in [0.25, 0.3) is 11.5 Å². The van der Waals surface area contributed by atoms with Gasteiger partial charge >= 0.3 is 0 Å². The third-order valence-electron chi connectivity index (χ3n) is 7.11. The fraction of sp³-hybridized carbons (Fsp3) is 0.357. The molecule has 2 aromatic heterocycles. The van der Waals surface area contributed by atoms with Gasteiger partial charge in [0, 0.05) is 35.8 Å².